The van der Waals surface area contributed by atoms with Gasteiger partial charge in [-0.2, -0.15) is 5.10 Å². The van der Waals surface area contributed by atoms with E-state index in [1.54, 1.807) is 68.8 Å². The molecule has 0 spiro atoms. The molecule has 1 amide bonds. The van der Waals surface area contributed by atoms with E-state index in [4.69, 9.17) is 18.9 Å². The third-order valence-electron chi connectivity index (χ3n) is 6.39. The van der Waals surface area contributed by atoms with Crippen molar-refractivity contribution in [1.29, 1.82) is 0 Å². The van der Waals surface area contributed by atoms with Crippen LogP contribution in [0.4, 0.5) is 0 Å². The Balaban J connectivity index is 1.41. The van der Waals surface area contributed by atoms with Gasteiger partial charge in [0.25, 0.3) is 5.91 Å². The summed E-state index contributed by atoms with van der Waals surface area (Å²) in [5.41, 5.74) is 6.04. The number of rotatable bonds is 9. The molecule has 0 bridgehead atoms. The third kappa shape index (κ3) is 5.60. The van der Waals surface area contributed by atoms with E-state index in [1.165, 1.54) is 13.3 Å². The Labute approximate surface area is 236 Å². The highest BCUT2D eigenvalue weighted by Crippen LogP contribution is 2.42. The van der Waals surface area contributed by atoms with Gasteiger partial charge in [-0.05, 0) is 53.6 Å². The van der Waals surface area contributed by atoms with Gasteiger partial charge in [-0.15, -0.1) is 0 Å². The first-order valence-corrected chi connectivity index (χ1v) is 12.6. The number of hydrazone groups is 1. The summed E-state index contributed by atoms with van der Waals surface area (Å²) in [6.07, 6.45) is 1.47. The number of nitrogens with one attached hydrogen (secondary N) is 2. The SMILES string of the molecule is COc1cc(C=NNC(=O)c2[nH]c3c(OC)ccc(OC)c3c2-c2ccccc2)ccc1OC(=O)c1ccccc1. The van der Waals surface area contributed by atoms with Gasteiger partial charge in [0.1, 0.15) is 17.2 Å². The molecule has 0 fully saturated rings. The quantitative estimate of drug-likeness (QED) is 0.103. The number of nitrogens with zero attached hydrogens (tertiary/aromatic N) is 1. The zero-order valence-electron chi connectivity index (χ0n) is 22.6. The lowest BCUT2D eigenvalue weighted by Crippen LogP contribution is -2.19. The summed E-state index contributed by atoms with van der Waals surface area (Å²) in [7, 11) is 4.62. The van der Waals surface area contributed by atoms with Crippen LogP contribution in [0, 0.1) is 0 Å². The van der Waals surface area contributed by atoms with Crippen LogP contribution in [0.1, 0.15) is 26.4 Å². The first-order valence-electron chi connectivity index (χ1n) is 12.6. The van der Waals surface area contributed by atoms with Crippen LogP contribution < -0.4 is 24.4 Å². The van der Waals surface area contributed by atoms with Crippen LogP contribution in [0.5, 0.6) is 23.0 Å². The minimum absolute atomic E-state index is 0.260. The van der Waals surface area contributed by atoms with Crippen LogP contribution in [0.2, 0.25) is 0 Å². The van der Waals surface area contributed by atoms with Crippen LogP contribution in [0.3, 0.4) is 0 Å². The lowest BCUT2D eigenvalue weighted by molar-refractivity contribution is 0.0729. The van der Waals surface area contributed by atoms with Gasteiger partial charge in [0.2, 0.25) is 0 Å². The average molecular weight is 550 g/mol. The van der Waals surface area contributed by atoms with E-state index in [9.17, 15) is 9.59 Å². The molecule has 0 saturated heterocycles. The van der Waals surface area contributed by atoms with Crippen LogP contribution >= 0.6 is 0 Å². The first-order chi connectivity index (χ1) is 20.0. The maximum Gasteiger partial charge on any atom is 0.343 e. The maximum absolute atomic E-state index is 13.4. The molecule has 9 nitrogen and oxygen atoms in total. The molecule has 206 valence electrons. The Morgan fingerprint density at radius 3 is 2.07 bits per heavy atom. The van der Waals surface area contributed by atoms with Crippen molar-refractivity contribution in [3.05, 3.63) is 108 Å². The number of H-pyrrole nitrogens is 1. The second kappa shape index (κ2) is 12.1. The molecule has 0 radical (unpaired) electrons. The van der Waals surface area contributed by atoms with Crippen molar-refractivity contribution in [3.8, 4) is 34.1 Å². The Morgan fingerprint density at radius 1 is 0.756 bits per heavy atom. The van der Waals surface area contributed by atoms with E-state index in [-0.39, 0.29) is 5.75 Å². The van der Waals surface area contributed by atoms with Crippen molar-refractivity contribution >= 4 is 29.0 Å². The van der Waals surface area contributed by atoms with Gasteiger partial charge in [0.15, 0.2) is 11.5 Å². The Hall–Kier alpha value is -5.57. The molecule has 0 unspecified atom stereocenters. The Morgan fingerprint density at radius 2 is 1.39 bits per heavy atom. The van der Waals surface area contributed by atoms with Gasteiger partial charge >= 0.3 is 5.97 Å². The van der Waals surface area contributed by atoms with Crippen molar-refractivity contribution in [1.82, 2.24) is 10.4 Å². The van der Waals surface area contributed by atoms with E-state index in [2.05, 4.69) is 15.5 Å². The lowest BCUT2D eigenvalue weighted by atomic mass is 10.0. The molecule has 4 aromatic carbocycles. The van der Waals surface area contributed by atoms with E-state index < -0.39 is 11.9 Å². The largest absolute Gasteiger partial charge is 0.496 e. The number of hydrogen-bond donors (Lipinski definition) is 2. The number of ether oxygens (including phenoxy) is 4. The monoisotopic (exact) mass is 549 g/mol. The molecule has 0 aliphatic rings. The first kappa shape index (κ1) is 27.0. The summed E-state index contributed by atoms with van der Waals surface area (Å²) < 4.78 is 22.1. The van der Waals surface area contributed by atoms with Gasteiger partial charge in [0, 0.05) is 5.56 Å². The number of aromatic nitrogens is 1. The van der Waals surface area contributed by atoms with Crippen molar-refractivity contribution in [2.24, 2.45) is 5.10 Å². The van der Waals surface area contributed by atoms with Gasteiger partial charge < -0.3 is 23.9 Å². The average Bonchev–Trinajstić information content (AvgIpc) is 3.43. The molecule has 41 heavy (non-hydrogen) atoms. The highest BCUT2D eigenvalue weighted by molar-refractivity contribution is 6.13. The number of carbonyl (C=O) groups excluding carboxylic acids is 2. The molecule has 5 rings (SSSR count). The third-order valence-corrected chi connectivity index (χ3v) is 6.39. The lowest BCUT2D eigenvalue weighted by Gasteiger charge is -2.10. The molecule has 0 aliphatic carbocycles. The van der Waals surface area contributed by atoms with Gasteiger partial charge in [-0.1, -0.05) is 48.5 Å². The Bertz CT molecular complexity index is 1730. The molecule has 0 atom stereocenters. The second-order valence-corrected chi connectivity index (χ2v) is 8.83. The number of hydrogen-bond acceptors (Lipinski definition) is 7. The highest BCUT2D eigenvalue weighted by Gasteiger charge is 2.24. The minimum atomic E-state index is -0.501. The van der Waals surface area contributed by atoms with Crippen LogP contribution in [0.15, 0.2) is 96.1 Å². The molecule has 0 aliphatic heterocycles. The number of carbonyl (C=O) groups is 2. The second-order valence-electron chi connectivity index (χ2n) is 8.83. The molecule has 0 saturated carbocycles. The summed E-state index contributed by atoms with van der Waals surface area (Å²) >= 11 is 0. The van der Waals surface area contributed by atoms with Crippen molar-refractivity contribution in [2.75, 3.05) is 21.3 Å². The van der Waals surface area contributed by atoms with Gasteiger partial charge in [-0.25, -0.2) is 10.2 Å². The van der Waals surface area contributed by atoms with E-state index in [0.717, 1.165) is 10.9 Å². The zero-order chi connectivity index (χ0) is 28.8. The van der Waals surface area contributed by atoms with Gasteiger partial charge in [-0.3, -0.25) is 4.79 Å². The zero-order valence-corrected chi connectivity index (χ0v) is 22.6. The van der Waals surface area contributed by atoms with E-state index in [0.29, 0.717) is 45.1 Å². The van der Waals surface area contributed by atoms with Gasteiger partial charge in [0.05, 0.1) is 44.0 Å². The molecular formula is C32H27N3O6. The minimum Gasteiger partial charge on any atom is -0.496 e. The number of amides is 1. The van der Waals surface area contributed by atoms with Crippen LogP contribution in [0.25, 0.3) is 22.0 Å². The molecular weight excluding hydrogens is 522 g/mol. The number of esters is 1. The predicted molar refractivity (Wildman–Crippen MR) is 156 cm³/mol. The maximum atomic E-state index is 13.4. The normalized spacial score (nSPS) is 10.9. The van der Waals surface area contributed by atoms with Crippen LogP contribution in [-0.2, 0) is 0 Å². The summed E-state index contributed by atoms with van der Waals surface area (Å²) in [5, 5.41) is 4.87. The summed E-state index contributed by atoms with van der Waals surface area (Å²) in [4.78, 5) is 29.1. The summed E-state index contributed by atoms with van der Waals surface area (Å²) in [6.45, 7) is 0. The topological polar surface area (TPSA) is 111 Å². The number of benzene rings is 4. The predicted octanol–water partition coefficient (Wildman–Crippen LogP) is 5.84. The fraction of sp³-hybridized carbons (Fsp3) is 0.0938. The Kier molecular flexibility index (Phi) is 7.96. The molecule has 9 heteroatoms. The molecule has 5 aromatic rings. The van der Waals surface area contributed by atoms with E-state index >= 15 is 0 Å². The fourth-order valence-corrected chi connectivity index (χ4v) is 4.46. The van der Waals surface area contributed by atoms with Crippen LogP contribution in [-0.4, -0.2) is 44.4 Å². The standard InChI is InChI=1S/C32H27N3O6/c1-38-24-16-17-25(39-2)29-28(24)27(21-10-6-4-7-11-21)30(34-29)31(36)35-33-19-20-14-15-23(26(18-20)40-3)41-32(37)22-12-8-5-9-13-22/h4-19,34H,1-3H3,(H,35,36). The van der Waals surface area contributed by atoms with Crippen molar-refractivity contribution in [2.45, 2.75) is 0 Å². The number of methoxy groups -OCH3 is 3. The summed E-state index contributed by atoms with van der Waals surface area (Å²) in [6, 6.07) is 26.7. The molecule has 2 N–H and O–H groups in total. The van der Waals surface area contributed by atoms with E-state index in [1.807, 2.05) is 36.4 Å². The highest BCUT2D eigenvalue weighted by atomic mass is 16.6. The van der Waals surface area contributed by atoms with Crippen molar-refractivity contribution < 1.29 is 28.5 Å². The fourth-order valence-electron chi connectivity index (χ4n) is 4.46. The van der Waals surface area contributed by atoms with Crippen molar-refractivity contribution in [3.63, 3.8) is 0 Å². The molecule has 1 heterocycles. The summed E-state index contributed by atoms with van der Waals surface area (Å²) in [5.74, 6) is 0.806. The number of aromatic amines is 1. The number of fused-ring (bicyclic) bond motifs is 1. The molecule has 1 aromatic heterocycles. The smallest absolute Gasteiger partial charge is 0.343 e.